The Morgan fingerprint density at radius 3 is 1.20 bits per heavy atom. The first-order chi connectivity index (χ1) is 6.95. The molecule has 0 amide bonds. The lowest BCUT2D eigenvalue weighted by Crippen LogP contribution is -1.82. The van der Waals surface area contributed by atoms with E-state index in [1.807, 2.05) is 0 Å². The van der Waals surface area contributed by atoms with Crippen LogP contribution in [0.25, 0.3) is 0 Å². The van der Waals surface area contributed by atoms with Crippen LogP contribution in [0.1, 0.15) is 33.1 Å². The van der Waals surface area contributed by atoms with Crippen LogP contribution >= 0.6 is 0 Å². The number of hydrogen-bond acceptors (Lipinski definition) is 2. The fourth-order valence-corrected chi connectivity index (χ4v) is 0.354. The molecule has 0 rings (SSSR count). The third-order valence-corrected chi connectivity index (χ3v) is 1.06. The van der Waals surface area contributed by atoms with Gasteiger partial charge in [-0.05, 0) is 0 Å². The summed E-state index contributed by atoms with van der Waals surface area (Å²) in [5.74, 6) is -1.96. The Labute approximate surface area is 90.9 Å². The number of carbonyl (C=O) groups is 2. The molecule has 4 heteroatoms. The number of hydrogen-bond donors (Lipinski definition) is 2. The molecule has 0 saturated carbocycles. The van der Waals surface area contributed by atoms with E-state index in [1.165, 1.54) is 19.3 Å². The second-order valence-electron chi connectivity index (χ2n) is 2.44. The van der Waals surface area contributed by atoms with Gasteiger partial charge in [0.05, 0.1) is 0 Å². The molecule has 0 aliphatic heterocycles. The molecule has 0 heterocycles. The van der Waals surface area contributed by atoms with Gasteiger partial charge in [-0.3, -0.25) is 0 Å². The number of carboxylic acid groups (broad SMARTS) is 2. The predicted octanol–water partition coefficient (Wildman–Crippen LogP) is 2.71. The Kier molecular flexibility index (Phi) is 23.2. The Bertz CT molecular complexity index is 165. The van der Waals surface area contributed by atoms with Crippen LogP contribution in [0.3, 0.4) is 0 Å². The third-order valence-electron chi connectivity index (χ3n) is 1.06. The van der Waals surface area contributed by atoms with E-state index in [2.05, 4.69) is 27.0 Å². The zero-order valence-corrected chi connectivity index (χ0v) is 9.40. The SMILES string of the molecule is C=CC(=O)O.C=CC(=O)O.CCCCC. The lowest BCUT2D eigenvalue weighted by atomic mass is 10.3. The van der Waals surface area contributed by atoms with Crippen LogP contribution in [0.4, 0.5) is 0 Å². The van der Waals surface area contributed by atoms with Crippen LogP contribution in [0.15, 0.2) is 25.3 Å². The molecule has 0 bridgehead atoms. The van der Waals surface area contributed by atoms with Gasteiger partial charge in [0.15, 0.2) is 0 Å². The molecule has 0 aliphatic carbocycles. The highest BCUT2D eigenvalue weighted by molar-refractivity contribution is 5.79. The van der Waals surface area contributed by atoms with Crippen LogP contribution in [-0.4, -0.2) is 22.2 Å². The Morgan fingerprint density at radius 1 is 1.00 bits per heavy atom. The third kappa shape index (κ3) is 69.0. The topological polar surface area (TPSA) is 74.6 Å². The molecule has 0 aromatic heterocycles. The maximum atomic E-state index is 9.25. The number of aliphatic carboxylic acids is 2. The van der Waals surface area contributed by atoms with Crippen LogP contribution in [0.5, 0.6) is 0 Å². The summed E-state index contributed by atoms with van der Waals surface area (Å²) in [6.45, 7) is 10.3. The van der Waals surface area contributed by atoms with Gasteiger partial charge < -0.3 is 10.2 Å². The molecule has 0 fully saturated rings. The molecule has 0 unspecified atom stereocenters. The van der Waals surface area contributed by atoms with Gasteiger partial charge in [-0.1, -0.05) is 46.3 Å². The standard InChI is InChI=1S/C5H12.2C3H4O2/c1-3-5-4-2;2*1-2-3(4)5/h3-5H2,1-2H3;2*2H,1H2,(H,4,5). The summed E-state index contributed by atoms with van der Waals surface area (Å²) in [7, 11) is 0. The van der Waals surface area contributed by atoms with E-state index in [4.69, 9.17) is 10.2 Å². The van der Waals surface area contributed by atoms with Crippen molar-refractivity contribution in [1.29, 1.82) is 0 Å². The molecular formula is C11H20O4. The number of rotatable bonds is 4. The molecule has 0 radical (unpaired) electrons. The summed E-state index contributed by atoms with van der Waals surface area (Å²) in [4.78, 5) is 18.5. The van der Waals surface area contributed by atoms with Gasteiger partial charge in [0.1, 0.15) is 0 Å². The van der Waals surface area contributed by atoms with E-state index < -0.39 is 11.9 Å². The molecule has 0 aromatic carbocycles. The minimum absolute atomic E-state index is 0.833. The predicted molar refractivity (Wildman–Crippen MR) is 60.9 cm³/mol. The van der Waals surface area contributed by atoms with Crippen LogP contribution < -0.4 is 0 Å². The van der Waals surface area contributed by atoms with Crippen LogP contribution in [-0.2, 0) is 9.59 Å². The van der Waals surface area contributed by atoms with E-state index in [0.29, 0.717) is 0 Å². The zero-order valence-electron chi connectivity index (χ0n) is 9.40. The first-order valence-corrected chi connectivity index (χ1v) is 4.66. The van der Waals surface area contributed by atoms with Crippen molar-refractivity contribution in [3.05, 3.63) is 25.3 Å². The summed E-state index contributed by atoms with van der Waals surface area (Å²) in [6, 6.07) is 0. The van der Waals surface area contributed by atoms with Gasteiger partial charge in [0.2, 0.25) is 0 Å². The Morgan fingerprint density at radius 2 is 1.20 bits per heavy atom. The largest absolute Gasteiger partial charge is 0.478 e. The van der Waals surface area contributed by atoms with E-state index in [-0.39, 0.29) is 0 Å². The minimum Gasteiger partial charge on any atom is -0.478 e. The van der Waals surface area contributed by atoms with Gasteiger partial charge in [-0.15, -0.1) is 0 Å². The van der Waals surface area contributed by atoms with E-state index in [0.717, 1.165) is 12.2 Å². The van der Waals surface area contributed by atoms with Gasteiger partial charge in [-0.2, -0.15) is 0 Å². The molecule has 15 heavy (non-hydrogen) atoms. The van der Waals surface area contributed by atoms with Crippen molar-refractivity contribution in [3.8, 4) is 0 Å². The monoisotopic (exact) mass is 216 g/mol. The Hall–Kier alpha value is -1.58. The van der Waals surface area contributed by atoms with Crippen molar-refractivity contribution < 1.29 is 19.8 Å². The van der Waals surface area contributed by atoms with Gasteiger partial charge in [0, 0.05) is 12.2 Å². The summed E-state index contributed by atoms with van der Waals surface area (Å²) in [6.07, 6.45) is 5.74. The van der Waals surface area contributed by atoms with E-state index >= 15 is 0 Å². The minimum atomic E-state index is -0.981. The quantitative estimate of drug-likeness (QED) is 0.708. The van der Waals surface area contributed by atoms with E-state index in [9.17, 15) is 9.59 Å². The highest BCUT2D eigenvalue weighted by atomic mass is 16.4. The fourth-order valence-electron chi connectivity index (χ4n) is 0.354. The molecule has 0 aliphatic rings. The summed E-state index contributed by atoms with van der Waals surface area (Å²) < 4.78 is 0. The fraction of sp³-hybridized carbons (Fsp3) is 0.455. The Balaban J connectivity index is -0.000000144. The van der Waals surface area contributed by atoms with Crippen molar-refractivity contribution in [1.82, 2.24) is 0 Å². The lowest BCUT2D eigenvalue weighted by molar-refractivity contribution is -0.132. The van der Waals surface area contributed by atoms with Crippen molar-refractivity contribution in [2.75, 3.05) is 0 Å². The molecule has 0 aromatic rings. The first kappa shape index (κ1) is 19.1. The second-order valence-corrected chi connectivity index (χ2v) is 2.44. The maximum Gasteiger partial charge on any atom is 0.327 e. The lowest BCUT2D eigenvalue weighted by Gasteiger charge is -1.79. The zero-order chi connectivity index (χ0) is 12.7. The maximum absolute atomic E-state index is 9.25. The van der Waals surface area contributed by atoms with Crippen molar-refractivity contribution in [2.45, 2.75) is 33.1 Å². The van der Waals surface area contributed by atoms with Gasteiger partial charge in [0.25, 0.3) is 0 Å². The first-order valence-electron chi connectivity index (χ1n) is 4.66. The molecule has 4 nitrogen and oxygen atoms in total. The van der Waals surface area contributed by atoms with Crippen molar-refractivity contribution >= 4 is 11.9 Å². The highest BCUT2D eigenvalue weighted by Gasteiger charge is 1.73. The molecule has 0 saturated heterocycles. The summed E-state index contributed by atoms with van der Waals surface area (Å²) in [5.41, 5.74) is 0. The average molecular weight is 216 g/mol. The van der Waals surface area contributed by atoms with E-state index in [1.54, 1.807) is 0 Å². The molecular weight excluding hydrogens is 196 g/mol. The van der Waals surface area contributed by atoms with Gasteiger partial charge in [-0.25, -0.2) is 9.59 Å². The van der Waals surface area contributed by atoms with Crippen molar-refractivity contribution in [2.24, 2.45) is 0 Å². The van der Waals surface area contributed by atoms with Gasteiger partial charge >= 0.3 is 11.9 Å². The molecule has 0 atom stereocenters. The number of unbranched alkanes of at least 4 members (excludes halogenated alkanes) is 2. The van der Waals surface area contributed by atoms with Crippen LogP contribution in [0, 0.1) is 0 Å². The van der Waals surface area contributed by atoms with Crippen molar-refractivity contribution in [3.63, 3.8) is 0 Å². The molecule has 2 N–H and O–H groups in total. The average Bonchev–Trinajstić information content (AvgIpc) is 2.20. The molecule has 88 valence electrons. The molecule has 0 spiro atoms. The second kappa shape index (κ2) is 18.3. The smallest absolute Gasteiger partial charge is 0.327 e. The van der Waals surface area contributed by atoms with Crippen LogP contribution in [0.2, 0.25) is 0 Å². The highest BCUT2D eigenvalue weighted by Crippen LogP contribution is 1.88. The normalized spacial score (nSPS) is 7.07. The number of carboxylic acids is 2. The summed E-state index contributed by atoms with van der Waals surface area (Å²) in [5, 5.41) is 15.2. The summed E-state index contributed by atoms with van der Waals surface area (Å²) >= 11 is 0.